The maximum atomic E-state index is 13.5. The number of aromatic hydroxyl groups is 1. The summed E-state index contributed by atoms with van der Waals surface area (Å²) in [5.74, 6) is -0.786. The molecule has 4 N–H and O–H groups in total. The van der Waals surface area contributed by atoms with Gasteiger partial charge in [0.15, 0.2) is 6.04 Å². The van der Waals surface area contributed by atoms with Gasteiger partial charge in [0.2, 0.25) is 0 Å². The molecule has 0 unspecified atom stereocenters. The van der Waals surface area contributed by atoms with Crippen LogP contribution in [-0.2, 0) is 4.79 Å². The molecule has 220 valence electrons. The summed E-state index contributed by atoms with van der Waals surface area (Å²) in [7, 11) is 0. The summed E-state index contributed by atoms with van der Waals surface area (Å²) < 4.78 is 2.35. The van der Waals surface area contributed by atoms with Gasteiger partial charge in [0, 0.05) is 58.6 Å². The Labute approximate surface area is 249 Å². The molecule has 3 heterocycles. The van der Waals surface area contributed by atoms with Crippen molar-refractivity contribution in [2.75, 3.05) is 18.0 Å². The van der Waals surface area contributed by atoms with Crippen molar-refractivity contribution in [2.24, 2.45) is 0 Å². The van der Waals surface area contributed by atoms with Gasteiger partial charge < -0.3 is 30.0 Å². The van der Waals surface area contributed by atoms with Crippen molar-refractivity contribution in [1.29, 1.82) is 0 Å². The minimum Gasteiger partial charge on any atom is -0.508 e. The van der Waals surface area contributed by atoms with E-state index < -0.39 is 17.9 Å². The second-order valence-corrected chi connectivity index (χ2v) is 11.8. The standard InChI is InChI=1S/C34H35N5O4/c40-25-13-14-28-26(19-25)27(20-35-28)31(34(42)43)37-33(41)22-10-15-30-29(18-22)36-32(39(30)24-6-2-1-3-7-24)21-8-11-23(12-9-21)38-16-4-5-17-38/h8-15,18-20,24,31,35,40H,1-7,16-17H2,(H,37,41)(H,42,43)/t31-/m0/s1. The number of rotatable bonds is 7. The van der Waals surface area contributed by atoms with Gasteiger partial charge in [-0.1, -0.05) is 19.3 Å². The molecule has 1 saturated heterocycles. The van der Waals surface area contributed by atoms with E-state index in [0.717, 1.165) is 42.8 Å². The Kier molecular flexibility index (Phi) is 7.01. The number of hydrogen-bond donors (Lipinski definition) is 4. The quantitative estimate of drug-likeness (QED) is 0.174. The van der Waals surface area contributed by atoms with Gasteiger partial charge in [-0.25, -0.2) is 9.78 Å². The van der Waals surface area contributed by atoms with Crippen LogP contribution in [0, 0.1) is 0 Å². The number of nitrogens with zero attached hydrogens (tertiary/aromatic N) is 3. The maximum Gasteiger partial charge on any atom is 0.331 e. The van der Waals surface area contributed by atoms with Crippen LogP contribution in [0.1, 0.15) is 73.0 Å². The topological polar surface area (TPSA) is 123 Å². The Balaban J connectivity index is 1.23. The van der Waals surface area contributed by atoms with E-state index in [0.29, 0.717) is 33.6 Å². The van der Waals surface area contributed by atoms with Gasteiger partial charge in [-0.15, -0.1) is 0 Å². The Morgan fingerprint density at radius 1 is 0.930 bits per heavy atom. The van der Waals surface area contributed by atoms with Gasteiger partial charge in [0.1, 0.15) is 11.6 Å². The molecule has 1 saturated carbocycles. The number of H-pyrrole nitrogens is 1. The third-order valence-electron chi connectivity index (χ3n) is 9.02. The van der Waals surface area contributed by atoms with Crippen LogP contribution in [0.25, 0.3) is 33.3 Å². The molecule has 1 aliphatic carbocycles. The zero-order chi connectivity index (χ0) is 29.5. The first-order valence-corrected chi connectivity index (χ1v) is 15.2. The fourth-order valence-corrected chi connectivity index (χ4v) is 6.81. The number of aromatic nitrogens is 3. The smallest absolute Gasteiger partial charge is 0.331 e. The van der Waals surface area contributed by atoms with E-state index in [4.69, 9.17) is 4.98 Å². The zero-order valence-electron chi connectivity index (χ0n) is 23.9. The van der Waals surface area contributed by atoms with Crippen LogP contribution >= 0.6 is 0 Å². The Hall–Kier alpha value is -4.79. The van der Waals surface area contributed by atoms with Crippen LogP contribution in [0.15, 0.2) is 66.9 Å². The van der Waals surface area contributed by atoms with Gasteiger partial charge in [0.05, 0.1) is 11.0 Å². The van der Waals surface area contributed by atoms with E-state index in [-0.39, 0.29) is 5.75 Å². The number of nitrogens with one attached hydrogen (secondary N) is 2. The average molecular weight is 578 g/mol. The van der Waals surface area contributed by atoms with E-state index in [1.54, 1.807) is 24.4 Å². The number of anilines is 1. The van der Waals surface area contributed by atoms with E-state index in [2.05, 4.69) is 44.0 Å². The fraction of sp³-hybridized carbons (Fsp3) is 0.324. The van der Waals surface area contributed by atoms with Crippen LogP contribution in [0.5, 0.6) is 5.75 Å². The number of fused-ring (bicyclic) bond motifs is 2. The highest BCUT2D eigenvalue weighted by molar-refractivity contribution is 6.01. The largest absolute Gasteiger partial charge is 0.508 e. The molecular formula is C34H35N5O4. The average Bonchev–Trinajstić information content (AvgIpc) is 3.79. The summed E-state index contributed by atoms with van der Waals surface area (Å²) >= 11 is 0. The van der Waals surface area contributed by atoms with Crippen molar-refractivity contribution in [1.82, 2.24) is 19.9 Å². The lowest BCUT2D eigenvalue weighted by atomic mass is 9.94. The molecule has 2 fully saturated rings. The summed E-state index contributed by atoms with van der Waals surface area (Å²) in [6.45, 7) is 2.19. The fourth-order valence-electron chi connectivity index (χ4n) is 6.81. The molecule has 0 spiro atoms. The van der Waals surface area contributed by atoms with Crippen LogP contribution < -0.4 is 10.2 Å². The predicted molar refractivity (Wildman–Crippen MR) is 167 cm³/mol. The lowest BCUT2D eigenvalue weighted by molar-refractivity contribution is -0.139. The molecule has 9 heteroatoms. The summed E-state index contributed by atoms with van der Waals surface area (Å²) in [6.07, 6.45) is 9.80. The van der Waals surface area contributed by atoms with E-state index >= 15 is 0 Å². The number of carbonyl (C=O) groups excluding carboxylic acids is 1. The third-order valence-corrected chi connectivity index (χ3v) is 9.02. The number of phenolic OH excluding ortho intramolecular Hbond substituents is 1. The second kappa shape index (κ2) is 11.1. The maximum absolute atomic E-state index is 13.5. The zero-order valence-corrected chi connectivity index (χ0v) is 23.9. The van der Waals surface area contributed by atoms with Crippen molar-refractivity contribution >= 4 is 39.5 Å². The van der Waals surface area contributed by atoms with Crippen LogP contribution in [0.4, 0.5) is 5.69 Å². The number of carbonyl (C=O) groups is 2. The first-order chi connectivity index (χ1) is 21.0. The summed E-state index contributed by atoms with van der Waals surface area (Å²) in [4.78, 5) is 36.2. The molecule has 3 aromatic carbocycles. The molecule has 7 rings (SSSR count). The number of benzene rings is 3. The van der Waals surface area contributed by atoms with Gasteiger partial charge >= 0.3 is 5.97 Å². The Morgan fingerprint density at radius 2 is 1.70 bits per heavy atom. The van der Waals surface area contributed by atoms with Gasteiger partial charge in [-0.2, -0.15) is 0 Å². The Bertz CT molecular complexity index is 1810. The van der Waals surface area contributed by atoms with Crippen molar-refractivity contribution in [3.05, 3.63) is 78.0 Å². The normalized spacial score (nSPS) is 16.6. The third kappa shape index (κ3) is 5.09. The molecule has 0 bridgehead atoms. The first-order valence-electron chi connectivity index (χ1n) is 15.2. The van der Waals surface area contributed by atoms with Gasteiger partial charge in [-0.05, 0) is 86.3 Å². The number of carboxylic acids is 1. The lowest BCUT2D eigenvalue weighted by Gasteiger charge is -2.26. The molecule has 1 atom stereocenters. The molecule has 2 aliphatic rings. The van der Waals surface area contributed by atoms with E-state index in [1.807, 2.05) is 6.07 Å². The monoisotopic (exact) mass is 577 g/mol. The molecule has 0 radical (unpaired) electrons. The summed E-state index contributed by atoms with van der Waals surface area (Å²) in [6, 6.07) is 17.8. The lowest BCUT2D eigenvalue weighted by Crippen LogP contribution is -2.33. The van der Waals surface area contributed by atoms with E-state index in [1.165, 1.54) is 49.9 Å². The molecule has 1 amide bonds. The molecule has 2 aromatic heterocycles. The highest BCUT2D eigenvalue weighted by atomic mass is 16.4. The predicted octanol–water partition coefficient (Wildman–Crippen LogP) is 6.55. The molecule has 9 nitrogen and oxygen atoms in total. The highest BCUT2D eigenvalue weighted by Gasteiger charge is 2.27. The number of amides is 1. The molecular weight excluding hydrogens is 542 g/mol. The van der Waals surface area contributed by atoms with Gasteiger partial charge in [0.25, 0.3) is 5.91 Å². The summed E-state index contributed by atoms with van der Waals surface area (Å²) in [5, 5.41) is 23.2. The number of phenols is 1. The highest BCUT2D eigenvalue weighted by Crippen LogP contribution is 2.37. The van der Waals surface area contributed by atoms with Crippen LogP contribution in [0.3, 0.4) is 0 Å². The molecule has 43 heavy (non-hydrogen) atoms. The minimum atomic E-state index is -1.30. The number of aromatic amines is 1. The number of carboxylic acid groups (broad SMARTS) is 1. The van der Waals surface area contributed by atoms with Crippen molar-refractivity contribution < 1.29 is 19.8 Å². The molecule has 1 aliphatic heterocycles. The number of imidazole rings is 1. The molecule has 5 aromatic rings. The number of aliphatic carboxylic acids is 1. The van der Waals surface area contributed by atoms with Crippen molar-refractivity contribution in [3.63, 3.8) is 0 Å². The van der Waals surface area contributed by atoms with E-state index in [9.17, 15) is 19.8 Å². The first kappa shape index (κ1) is 27.1. The Morgan fingerprint density at radius 3 is 2.44 bits per heavy atom. The van der Waals surface area contributed by atoms with Crippen molar-refractivity contribution in [2.45, 2.75) is 57.0 Å². The van der Waals surface area contributed by atoms with Crippen LogP contribution in [0.2, 0.25) is 0 Å². The van der Waals surface area contributed by atoms with Crippen molar-refractivity contribution in [3.8, 4) is 17.1 Å². The number of hydrogen-bond acceptors (Lipinski definition) is 5. The van der Waals surface area contributed by atoms with Crippen LogP contribution in [-0.4, -0.2) is 49.7 Å². The second-order valence-electron chi connectivity index (χ2n) is 11.8. The SMILES string of the molecule is O=C(N[C@H](C(=O)O)c1c[nH]c2ccc(O)cc12)c1ccc2c(c1)nc(-c1ccc(N3CCCC3)cc1)n2C1CCCCC1. The minimum absolute atomic E-state index is 0.0179. The van der Waals surface area contributed by atoms with Gasteiger partial charge in [-0.3, -0.25) is 4.79 Å². The summed E-state index contributed by atoms with van der Waals surface area (Å²) in [5.41, 5.74) is 5.34.